The first-order valence-electron chi connectivity index (χ1n) is 5.72. The molecule has 0 atom stereocenters. The summed E-state index contributed by atoms with van der Waals surface area (Å²) < 4.78 is 5.20. The van der Waals surface area contributed by atoms with Crippen molar-refractivity contribution in [3.8, 4) is 5.75 Å². The Labute approximate surface area is 99.2 Å². The molecule has 17 heavy (non-hydrogen) atoms. The highest BCUT2D eigenvalue weighted by Gasteiger charge is 2.24. The van der Waals surface area contributed by atoms with Gasteiger partial charge in [0.05, 0.1) is 11.5 Å². The van der Waals surface area contributed by atoms with E-state index < -0.39 is 5.97 Å². The normalized spacial score (nSPS) is 15.8. The fraction of sp³-hybridized carbons (Fsp3) is 0.385. The number of hydrogen-bond acceptors (Lipinski definition) is 3. The second-order valence-electron chi connectivity index (χ2n) is 4.23. The molecule has 0 spiro atoms. The molecule has 1 saturated carbocycles. The van der Waals surface area contributed by atoms with E-state index in [1.807, 2.05) is 0 Å². The summed E-state index contributed by atoms with van der Waals surface area (Å²) in [6.07, 6.45) is 3.95. The zero-order valence-electron chi connectivity index (χ0n) is 9.39. The third kappa shape index (κ3) is 2.84. The molecule has 2 rings (SSSR count). The van der Waals surface area contributed by atoms with Crippen molar-refractivity contribution in [3.63, 3.8) is 0 Å². The van der Waals surface area contributed by atoms with Crippen LogP contribution < -0.4 is 4.74 Å². The average molecular weight is 234 g/mol. The Kier molecular flexibility index (Phi) is 3.42. The maximum atomic E-state index is 11.7. The zero-order valence-corrected chi connectivity index (χ0v) is 9.39. The number of carbonyl (C=O) groups excluding carboxylic acids is 1. The van der Waals surface area contributed by atoms with Crippen LogP contribution in [0.3, 0.4) is 0 Å². The number of aromatic carboxylic acids is 1. The highest BCUT2D eigenvalue weighted by atomic mass is 16.5. The molecule has 0 heterocycles. The minimum Gasteiger partial charge on any atom is -0.478 e. The summed E-state index contributed by atoms with van der Waals surface area (Å²) in [5, 5.41) is 8.72. The summed E-state index contributed by atoms with van der Waals surface area (Å²) in [4.78, 5) is 22.3. The van der Waals surface area contributed by atoms with E-state index in [1.54, 1.807) is 0 Å². The molecule has 0 bridgehead atoms. The molecule has 4 heteroatoms. The molecule has 1 aromatic rings. The van der Waals surface area contributed by atoms with E-state index in [-0.39, 0.29) is 17.5 Å². The molecule has 0 radical (unpaired) electrons. The van der Waals surface area contributed by atoms with Gasteiger partial charge in [0.25, 0.3) is 0 Å². The van der Waals surface area contributed by atoms with E-state index >= 15 is 0 Å². The molecule has 1 N–H and O–H groups in total. The van der Waals surface area contributed by atoms with Gasteiger partial charge in [-0.25, -0.2) is 4.79 Å². The van der Waals surface area contributed by atoms with Gasteiger partial charge in [-0.15, -0.1) is 0 Å². The average Bonchev–Trinajstić information content (AvgIpc) is 2.83. The zero-order chi connectivity index (χ0) is 12.3. The summed E-state index contributed by atoms with van der Waals surface area (Å²) in [6, 6.07) is 5.88. The summed E-state index contributed by atoms with van der Waals surface area (Å²) in [5.41, 5.74) is 0.186. The van der Waals surface area contributed by atoms with Gasteiger partial charge in [-0.3, -0.25) is 4.79 Å². The SMILES string of the molecule is O=C(O)c1ccc(OC(=O)C2CCCC2)cc1. The van der Waals surface area contributed by atoms with Gasteiger partial charge in [-0.05, 0) is 37.1 Å². The maximum Gasteiger partial charge on any atom is 0.335 e. The van der Waals surface area contributed by atoms with E-state index in [2.05, 4.69) is 0 Å². The fourth-order valence-corrected chi connectivity index (χ4v) is 2.03. The second-order valence-corrected chi connectivity index (χ2v) is 4.23. The van der Waals surface area contributed by atoms with Crippen molar-refractivity contribution < 1.29 is 19.4 Å². The molecular weight excluding hydrogens is 220 g/mol. The van der Waals surface area contributed by atoms with Crippen LogP contribution in [0.1, 0.15) is 36.0 Å². The van der Waals surface area contributed by atoms with Crippen molar-refractivity contribution in [2.24, 2.45) is 5.92 Å². The Morgan fingerprint density at radius 1 is 1.12 bits per heavy atom. The lowest BCUT2D eigenvalue weighted by molar-refractivity contribution is -0.138. The van der Waals surface area contributed by atoms with Gasteiger partial charge in [0.2, 0.25) is 0 Å². The molecule has 1 aliphatic carbocycles. The Balaban J connectivity index is 1.98. The van der Waals surface area contributed by atoms with Gasteiger partial charge < -0.3 is 9.84 Å². The molecule has 90 valence electrons. The number of esters is 1. The van der Waals surface area contributed by atoms with Crippen molar-refractivity contribution >= 4 is 11.9 Å². The molecular formula is C13H14O4. The predicted molar refractivity (Wildman–Crippen MR) is 61.0 cm³/mol. The standard InChI is InChI=1S/C13H14O4/c14-12(15)9-5-7-11(8-6-9)17-13(16)10-3-1-2-4-10/h5-8,10H,1-4H2,(H,14,15). The summed E-state index contributed by atoms with van der Waals surface area (Å²) in [5.74, 6) is -0.773. The lowest BCUT2D eigenvalue weighted by Gasteiger charge is -2.09. The number of benzene rings is 1. The third-order valence-electron chi connectivity index (χ3n) is 3.01. The fourth-order valence-electron chi connectivity index (χ4n) is 2.03. The topological polar surface area (TPSA) is 63.6 Å². The minimum atomic E-state index is -0.987. The van der Waals surface area contributed by atoms with Crippen LogP contribution in [-0.2, 0) is 4.79 Å². The van der Waals surface area contributed by atoms with Crippen molar-refractivity contribution in [2.75, 3.05) is 0 Å². The van der Waals surface area contributed by atoms with Crippen LogP contribution in [0.15, 0.2) is 24.3 Å². The summed E-state index contributed by atoms with van der Waals surface area (Å²) >= 11 is 0. The van der Waals surface area contributed by atoms with E-state index in [0.29, 0.717) is 5.75 Å². The van der Waals surface area contributed by atoms with Crippen molar-refractivity contribution in [1.29, 1.82) is 0 Å². The summed E-state index contributed by atoms with van der Waals surface area (Å²) in [6.45, 7) is 0. The van der Waals surface area contributed by atoms with Gasteiger partial charge in [0, 0.05) is 0 Å². The van der Waals surface area contributed by atoms with Crippen LogP contribution in [-0.4, -0.2) is 17.0 Å². The molecule has 1 aliphatic rings. The predicted octanol–water partition coefficient (Wildman–Crippen LogP) is 2.48. The Morgan fingerprint density at radius 3 is 2.24 bits per heavy atom. The van der Waals surface area contributed by atoms with Crippen LogP contribution in [0, 0.1) is 5.92 Å². The largest absolute Gasteiger partial charge is 0.478 e. The van der Waals surface area contributed by atoms with E-state index in [9.17, 15) is 9.59 Å². The number of carboxylic acids is 1. The molecule has 4 nitrogen and oxygen atoms in total. The van der Waals surface area contributed by atoms with Gasteiger partial charge in [0.15, 0.2) is 0 Å². The van der Waals surface area contributed by atoms with Crippen molar-refractivity contribution in [3.05, 3.63) is 29.8 Å². The van der Waals surface area contributed by atoms with Gasteiger partial charge in [-0.1, -0.05) is 12.8 Å². The number of rotatable bonds is 3. The first-order chi connectivity index (χ1) is 8.16. The number of hydrogen-bond donors (Lipinski definition) is 1. The van der Waals surface area contributed by atoms with Crippen LogP contribution in [0.25, 0.3) is 0 Å². The van der Waals surface area contributed by atoms with Crippen molar-refractivity contribution in [1.82, 2.24) is 0 Å². The molecule has 0 amide bonds. The molecule has 0 aromatic heterocycles. The lowest BCUT2D eigenvalue weighted by Crippen LogP contribution is -2.17. The second kappa shape index (κ2) is 4.99. The first-order valence-corrected chi connectivity index (χ1v) is 5.72. The minimum absolute atomic E-state index is 0.00847. The smallest absolute Gasteiger partial charge is 0.335 e. The highest BCUT2D eigenvalue weighted by Crippen LogP contribution is 2.26. The van der Waals surface area contributed by atoms with Crippen LogP contribution in [0.2, 0.25) is 0 Å². The molecule has 0 aliphatic heterocycles. The Bertz CT molecular complexity index is 416. The molecule has 0 unspecified atom stereocenters. The Morgan fingerprint density at radius 2 is 1.71 bits per heavy atom. The van der Waals surface area contributed by atoms with Crippen LogP contribution >= 0.6 is 0 Å². The highest BCUT2D eigenvalue weighted by molar-refractivity contribution is 5.87. The van der Waals surface area contributed by atoms with Gasteiger partial charge in [-0.2, -0.15) is 0 Å². The molecule has 1 fully saturated rings. The molecule has 0 saturated heterocycles. The van der Waals surface area contributed by atoms with E-state index in [1.165, 1.54) is 24.3 Å². The quantitative estimate of drug-likeness (QED) is 0.644. The third-order valence-corrected chi connectivity index (χ3v) is 3.01. The van der Waals surface area contributed by atoms with Crippen molar-refractivity contribution in [2.45, 2.75) is 25.7 Å². The monoisotopic (exact) mass is 234 g/mol. The van der Waals surface area contributed by atoms with Gasteiger partial charge in [0.1, 0.15) is 5.75 Å². The maximum absolute atomic E-state index is 11.7. The number of carboxylic acid groups (broad SMARTS) is 1. The van der Waals surface area contributed by atoms with Crippen LogP contribution in [0.5, 0.6) is 5.75 Å². The van der Waals surface area contributed by atoms with Gasteiger partial charge >= 0.3 is 11.9 Å². The lowest BCUT2D eigenvalue weighted by atomic mass is 10.1. The van der Waals surface area contributed by atoms with Crippen LogP contribution in [0.4, 0.5) is 0 Å². The number of ether oxygens (including phenoxy) is 1. The first kappa shape index (κ1) is 11.6. The Hall–Kier alpha value is -1.84. The summed E-state index contributed by atoms with van der Waals surface area (Å²) in [7, 11) is 0. The van der Waals surface area contributed by atoms with E-state index in [0.717, 1.165) is 25.7 Å². The molecule has 1 aromatic carbocycles. The number of carbonyl (C=O) groups is 2. The van der Waals surface area contributed by atoms with E-state index in [4.69, 9.17) is 9.84 Å².